The minimum absolute atomic E-state index is 0.345. The summed E-state index contributed by atoms with van der Waals surface area (Å²) in [6.07, 6.45) is 0. The van der Waals surface area contributed by atoms with Crippen LogP contribution in [0, 0.1) is 6.92 Å². The lowest BCUT2D eigenvalue weighted by Gasteiger charge is -2.02. The number of aromatic hydroxyl groups is 1. The molecule has 4 nitrogen and oxygen atoms in total. The molecule has 1 aromatic heterocycles. The maximum absolute atomic E-state index is 11.1. The van der Waals surface area contributed by atoms with Crippen LogP contribution in [0.1, 0.15) is 5.56 Å². The Labute approximate surface area is 79.6 Å². The molecular formula is C10H9NO3. The second-order valence-corrected chi connectivity index (χ2v) is 3.12. The Morgan fingerprint density at radius 2 is 2.14 bits per heavy atom. The number of hydrogen-bond acceptors (Lipinski definition) is 4. The van der Waals surface area contributed by atoms with Crippen LogP contribution >= 0.6 is 0 Å². The third-order valence-electron chi connectivity index (χ3n) is 2.16. The van der Waals surface area contributed by atoms with E-state index in [1.807, 2.05) is 0 Å². The second kappa shape index (κ2) is 2.77. The minimum atomic E-state index is -0.736. The normalized spacial score (nSPS) is 10.6. The van der Waals surface area contributed by atoms with Crippen LogP contribution in [0.25, 0.3) is 11.0 Å². The highest BCUT2D eigenvalue weighted by molar-refractivity contribution is 5.84. The highest BCUT2D eigenvalue weighted by Crippen LogP contribution is 2.24. The predicted molar refractivity (Wildman–Crippen MR) is 53.3 cm³/mol. The summed E-state index contributed by atoms with van der Waals surface area (Å²) in [5.41, 5.74) is 6.23. The number of rotatable bonds is 0. The molecule has 0 saturated heterocycles. The van der Waals surface area contributed by atoms with Gasteiger partial charge in [0.2, 0.25) is 5.75 Å². The molecule has 0 aliphatic carbocycles. The zero-order chi connectivity index (χ0) is 10.3. The van der Waals surface area contributed by atoms with Gasteiger partial charge in [-0.1, -0.05) is 0 Å². The molecule has 2 aromatic rings. The molecule has 0 aliphatic heterocycles. The number of nitrogen functional groups attached to an aromatic ring is 1. The van der Waals surface area contributed by atoms with E-state index >= 15 is 0 Å². The van der Waals surface area contributed by atoms with Gasteiger partial charge in [0, 0.05) is 22.7 Å². The van der Waals surface area contributed by atoms with Gasteiger partial charge in [0.15, 0.2) is 0 Å². The van der Waals surface area contributed by atoms with Gasteiger partial charge in [-0.25, -0.2) is 4.79 Å². The Morgan fingerprint density at radius 1 is 1.43 bits per heavy atom. The van der Waals surface area contributed by atoms with Crippen molar-refractivity contribution in [3.8, 4) is 5.75 Å². The van der Waals surface area contributed by atoms with Crippen molar-refractivity contribution >= 4 is 16.7 Å². The van der Waals surface area contributed by atoms with Gasteiger partial charge in [-0.3, -0.25) is 0 Å². The first-order valence-electron chi connectivity index (χ1n) is 4.11. The molecule has 0 bridgehead atoms. The molecule has 0 spiro atoms. The van der Waals surface area contributed by atoms with Crippen LogP contribution < -0.4 is 11.4 Å². The van der Waals surface area contributed by atoms with Gasteiger partial charge in [-0.05, 0) is 19.1 Å². The molecule has 0 saturated carbocycles. The van der Waals surface area contributed by atoms with Crippen LogP contribution in [-0.4, -0.2) is 5.11 Å². The minimum Gasteiger partial charge on any atom is -0.502 e. The summed E-state index contributed by atoms with van der Waals surface area (Å²) in [5.74, 6) is -0.345. The van der Waals surface area contributed by atoms with E-state index in [1.165, 1.54) is 0 Å². The summed E-state index contributed by atoms with van der Waals surface area (Å²) < 4.78 is 4.87. The van der Waals surface area contributed by atoms with Gasteiger partial charge in [0.05, 0.1) is 0 Å². The standard InChI is InChI=1S/C10H9NO3/c1-5-7-3-2-6(11)4-8(7)14-10(13)9(5)12/h2-4,12H,11H2,1H3. The van der Waals surface area contributed by atoms with Crippen molar-refractivity contribution in [3.05, 3.63) is 34.2 Å². The lowest BCUT2D eigenvalue weighted by Crippen LogP contribution is -2.00. The van der Waals surface area contributed by atoms with Crippen LogP contribution in [0.2, 0.25) is 0 Å². The fourth-order valence-corrected chi connectivity index (χ4v) is 1.36. The first-order chi connectivity index (χ1) is 6.59. The molecule has 0 aliphatic rings. The second-order valence-electron chi connectivity index (χ2n) is 3.12. The average molecular weight is 191 g/mol. The first kappa shape index (κ1) is 8.62. The third-order valence-corrected chi connectivity index (χ3v) is 2.16. The predicted octanol–water partition coefficient (Wildman–Crippen LogP) is 1.39. The molecule has 0 unspecified atom stereocenters. The van der Waals surface area contributed by atoms with Gasteiger partial charge in [-0.15, -0.1) is 0 Å². The molecule has 72 valence electrons. The smallest absolute Gasteiger partial charge is 0.379 e. The van der Waals surface area contributed by atoms with Crippen molar-refractivity contribution in [2.45, 2.75) is 6.92 Å². The van der Waals surface area contributed by atoms with E-state index in [2.05, 4.69) is 0 Å². The fraction of sp³-hybridized carbons (Fsp3) is 0.100. The van der Waals surface area contributed by atoms with Crippen molar-refractivity contribution in [1.29, 1.82) is 0 Å². The molecule has 14 heavy (non-hydrogen) atoms. The third kappa shape index (κ3) is 1.12. The summed E-state index contributed by atoms with van der Waals surface area (Å²) in [6, 6.07) is 4.96. The Morgan fingerprint density at radius 3 is 2.86 bits per heavy atom. The van der Waals surface area contributed by atoms with Crippen molar-refractivity contribution in [2.24, 2.45) is 0 Å². The van der Waals surface area contributed by atoms with E-state index in [9.17, 15) is 9.90 Å². The van der Waals surface area contributed by atoms with E-state index in [4.69, 9.17) is 10.2 Å². The Hall–Kier alpha value is -1.97. The largest absolute Gasteiger partial charge is 0.502 e. The van der Waals surface area contributed by atoms with Gasteiger partial charge in [0.1, 0.15) is 5.58 Å². The number of anilines is 1. The summed E-state index contributed by atoms with van der Waals surface area (Å²) >= 11 is 0. The Balaban J connectivity index is 2.98. The molecular weight excluding hydrogens is 182 g/mol. The highest BCUT2D eigenvalue weighted by Gasteiger charge is 2.09. The molecule has 1 heterocycles. The van der Waals surface area contributed by atoms with Crippen molar-refractivity contribution < 1.29 is 9.52 Å². The van der Waals surface area contributed by atoms with E-state index < -0.39 is 5.63 Å². The van der Waals surface area contributed by atoms with Crippen molar-refractivity contribution in [1.82, 2.24) is 0 Å². The molecule has 2 rings (SSSR count). The quantitative estimate of drug-likeness (QED) is 0.487. The summed E-state index contributed by atoms with van der Waals surface area (Å²) in [6.45, 7) is 1.66. The zero-order valence-corrected chi connectivity index (χ0v) is 7.57. The number of fused-ring (bicyclic) bond motifs is 1. The number of benzene rings is 1. The Kier molecular flexibility index (Phi) is 1.70. The number of aryl methyl sites for hydroxylation is 1. The van der Waals surface area contributed by atoms with Crippen LogP contribution in [-0.2, 0) is 0 Å². The van der Waals surface area contributed by atoms with Crippen LogP contribution in [0.5, 0.6) is 5.75 Å². The van der Waals surface area contributed by atoms with Gasteiger partial charge in [-0.2, -0.15) is 0 Å². The van der Waals surface area contributed by atoms with E-state index in [-0.39, 0.29) is 5.75 Å². The lowest BCUT2D eigenvalue weighted by molar-refractivity contribution is 0.424. The van der Waals surface area contributed by atoms with Gasteiger partial charge < -0.3 is 15.3 Å². The highest BCUT2D eigenvalue weighted by atomic mass is 16.4. The molecule has 0 radical (unpaired) electrons. The monoisotopic (exact) mass is 191 g/mol. The molecule has 0 amide bonds. The molecule has 3 N–H and O–H groups in total. The van der Waals surface area contributed by atoms with Crippen LogP contribution in [0.4, 0.5) is 5.69 Å². The van der Waals surface area contributed by atoms with Crippen molar-refractivity contribution in [3.63, 3.8) is 0 Å². The summed E-state index contributed by atoms with van der Waals surface area (Å²) in [5, 5.41) is 10.0. The maximum atomic E-state index is 11.1. The molecule has 1 aromatic carbocycles. The number of nitrogens with two attached hydrogens (primary N) is 1. The summed E-state index contributed by atoms with van der Waals surface area (Å²) in [4.78, 5) is 11.1. The van der Waals surface area contributed by atoms with E-state index in [1.54, 1.807) is 25.1 Å². The first-order valence-corrected chi connectivity index (χ1v) is 4.11. The summed E-state index contributed by atoms with van der Waals surface area (Å²) in [7, 11) is 0. The number of hydrogen-bond donors (Lipinski definition) is 2. The zero-order valence-electron chi connectivity index (χ0n) is 7.57. The molecule has 4 heteroatoms. The van der Waals surface area contributed by atoms with Gasteiger partial charge in [0.25, 0.3) is 0 Å². The Bertz CT molecular complexity index is 557. The molecule has 0 atom stereocenters. The van der Waals surface area contributed by atoms with E-state index in [0.29, 0.717) is 22.2 Å². The van der Waals surface area contributed by atoms with Crippen molar-refractivity contribution in [2.75, 3.05) is 5.73 Å². The SMILES string of the molecule is Cc1c(O)c(=O)oc2cc(N)ccc12. The fourth-order valence-electron chi connectivity index (χ4n) is 1.36. The van der Waals surface area contributed by atoms with Crippen LogP contribution in [0.3, 0.4) is 0 Å². The topological polar surface area (TPSA) is 76.5 Å². The average Bonchev–Trinajstić information content (AvgIpc) is 2.14. The lowest BCUT2D eigenvalue weighted by atomic mass is 10.1. The van der Waals surface area contributed by atoms with Crippen LogP contribution in [0.15, 0.2) is 27.4 Å². The van der Waals surface area contributed by atoms with E-state index in [0.717, 1.165) is 0 Å². The maximum Gasteiger partial charge on any atom is 0.379 e. The molecule has 0 fully saturated rings. The van der Waals surface area contributed by atoms with Gasteiger partial charge >= 0.3 is 5.63 Å².